The molecule has 5 heteroatoms. The molecule has 1 rings (SSSR count). The number of nitriles is 1. The van der Waals surface area contributed by atoms with E-state index < -0.39 is 5.54 Å². The van der Waals surface area contributed by atoms with E-state index in [1.54, 1.807) is 0 Å². The molecule has 0 aromatic heterocycles. The summed E-state index contributed by atoms with van der Waals surface area (Å²) in [5.74, 6) is 0.188. The second kappa shape index (κ2) is 7.24. The van der Waals surface area contributed by atoms with Crippen LogP contribution in [0.4, 0.5) is 0 Å². The number of hydrogen-bond acceptors (Lipinski definition) is 4. The first-order valence-corrected chi connectivity index (χ1v) is 7.75. The number of nitrogens with one attached hydrogen (secondary N) is 1. The number of amides is 1. The number of carbonyl (C=O) groups is 1. The van der Waals surface area contributed by atoms with Crippen LogP contribution in [0.1, 0.15) is 47.0 Å². The van der Waals surface area contributed by atoms with E-state index in [0.29, 0.717) is 18.9 Å². The number of aliphatic hydroxyl groups excluding tert-OH is 1. The lowest BCUT2D eigenvalue weighted by molar-refractivity contribution is -0.124. The minimum atomic E-state index is -0.735. The van der Waals surface area contributed by atoms with Gasteiger partial charge in [0.15, 0.2) is 0 Å². The fourth-order valence-corrected chi connectivity index (χ4v) is 2.59. The summed E-state index contributed by atoms with van der Waals surface area (Å²) in [7, 11) is 0. The summed E-state index contributed by atoms with van der Waals surface area (Å²) in [5, 5.41) is 21.2. The molecule has 1 atom stereocenters. The molecular formula is C16H29N3O2. The van der Waals surface area contributed by atoms with Crippen molar-refractivity contribution in [3.8, 4) is 6.07 Å². The third-order valence-electron chi connectivity index (χ3n) is 3.72. The smallest absolute Gasteiger partial charge is 0.235 e. The van der Waals surface area contributed by atoms with E-state index in [0.717, 1.165) is 19.4 Å². The normalized spacial score (nSPS) is 18.1. The largest absolute Gasteiger partial charge is 0.396 e. The van der Waals surface area contributed by atoms with Crippen LogP contribution in [0.3, 0.4) is 0 Å². The lowest BCUT2D eigenvalue weighted by atomic mass is 9.95. The zero-order valence-electron chi connectivity index (χ0n) is 13.8. The van der Waals surface area contributed by atoms with Crippen molar-refractivity contribution in [2.45, 2.75) is 52.5 Å². The average molecular weight is 295 g/mol. The Hall–Kier alpha value is -1.12. The van der Waals surface area contributed by atoms with Gasteiger partial charge in [0.1, 0.15) is 5.54 Å². The van der Waals surface area contributed by atoms with Crippen LogP contribution < -0.4 is 5.32 Å². The number of aliphatic hydroxyl groups is 1. The molecule has 0 aliphatic heterocycles. The monoisotopic (exact) mass is 295 g/mol. The van der Waals surface area contributed by atoms with E-state index >= 15 is 0 Å². The molecule has 1 saturated carbocycles. The van der Waals surface area contributed by atoms with Crippen molar-refractivity contribution in [1.29, 1.82) is 5.26 Å². The van der Waals surface area contributed by atoms with Crippen molar-refractivity contribution >= 4 is 5.91 Å². The van der Waals surface area contributed by atoms with Crippen molar-refractivity contribution in [2.75, 3.05) is 26.2 Å². The molecule has 1 amide bonds. The van der Waals surface area contributed by atoms with E-state index in [2.05, 4.69) is 37.1 Å². The summed E-state index contributed by atoms with van der Waals surface area (Å²) >= 11 is 0. The van der Waals surface area contributed by atoms with Crippen molar-refractivity contribution in [1.82, 2.24) is 10.2 Å². The van der Waals surface area contributed by atoms with Gasteiger partial charge in [-0.15, -0.1) is 0 Å². The fraction of sp³-hybridized carbons (Fsp3) is 0.875. The maximum atomic E-state index is 12.2. The molecule has 0 spiro atoms. The van der Waals surface area contributed by atoms with E-state index in [1.807, 2.05) is 6.92 Å². The second-order valence-electron chi connectivity index (χ2n) is 7.49. The third-order valence-corrected chi connectivity index (χ3v) is 3.72. The van der Waals surface area contributed by atoms with Gasteiger partial charge < -0.3 is 10.4 Å². The van der Waals surface area contributed by atoms with Gasteiger partial charge in [-0.3, -0.25) is 9.69 Å². The van der Waals surface area contributed by atoms with Crippen molar-refractivity contribution in [3.05, 3.63) is 0 Å². The minimum Gasteiger partial charge on any atom is -0.396 e. The SMILES string of the molecule is CC(C)(C)CN(CCCO)CC(=O)NC(C)(C#N)C1CC1. The Bertz CT molecular complexity index is 393. The van der Waals surface area contributed by atoms with E-state index in [1.165, 1.54) is 0 Å². The van der Waals surface area contributed by atoms with E-state index in [9.17, 15) is 10.1 Å². The molecule has 1 aliphatic carbocycles. The first-order valence-electron chi connectivity index (χ1n) is 7.75. The third kappa shape index (κ3) is 6.45. The lowest BCUT2D eigenvalue weighted by Gasteiger charge is -2.31. The molecule has 2 N–H and O–H groups in total. The standard InChI is InChI=1S/C16H29N3O2/c1-15(2,3)12-19(8-5-9-20)10-14(21)18-16(4,11-17)13-6-7-13/h13,20H,5-10,12H2,1-4H3,(H,18,21). The van der Waals surface area contributed by atoms with Gasteiger partial charge in [-0.1, -0.05) is 20.8 Å². The molecule has 120 valence electrons. The Morgan fingerprint density at radius 3 is 2.43 bits per heavy atom. The topological polar surface area (TPSA) is 76.4 Å². The molecule has 1 aliphatic rings. The Morgan fingerprint density at radius 1 is 1.38 bits per heavy atom. The summed E-state index contributed by atoms with van der Waals surface area (Å²) in [6.45, 7) is 10.1. The van der Waals surface area contributed by atoms with Gasteiger partial charge >= 0.3 is 0 Å². The predicted octanol–water partition coefficient (Wildman–Crippen LogP) is 1.53. The summed E-state index contributed by atoms with van der Waals surface area (Å²) in [4.78, 5) is 14.3. The lowest BCUT2D eigenvalue weighted by Crippen LogP contribution is -2.51. The highest BCUT2D eigenvalue weighted by Gasteiger charge is 2.43. The second-order valence-corrected chi connectivity index (χ2v) is 7.49. The maximum Gasteiger partial charge on any atom is 0.235 e. The average Bonchev–Trinajstić information content (AvgIpc) is 3.18. The van der Waals surface area contributed by atoms with Crippen molar-refractivity contribution in [3.63, 3.8) is 0 Å². The van der Waals surface area contributed by atoms with Crippen LogP contribution in [0, 0.1) is 22.7 Å². The molecule has 0 heterocycles. The minimum absolute atomic E-state index is 0.0881. The van der Waals surface area contributed by atoms with Gasteiger partial charge in [-0.25, -0.2) is 0 Å². The molecule has 21 heavy (non-hydrogen) atoms. The molecule has 0 aromatic carbocycles. The quantitative estimate of drug-likeness (QED) is 0.712. The molecule has 5 nitrogen and oxygen atoms in total. The van der Waals surface area contributed by atoms with Crippen molar-refractivity contribution in [2.24, 2.45) is 11.3 Å². The highest BCUT2D eigenvalue weighted by molar-refractivity contribution is 5.79. The molecule has 0 bridgehead atoms. The number of carbonyl (C=O) groups excluding carboxylic acids is 1. The highest BCUT2D eigenvalue weighted by Crippen LogP contribution is 2.39. The zero-order valence-corrected chi connectivity index (χ0v) is 13.8. The number of rotatable bonds is 8. The number of nitrogens with zero attached hydrogens (tertiary/aromatic N) is 2. The maximum absolute atomic E-state index is 12.2. The van der Waals surface area contributed by atoms with Gasteiger partial charge in [-0.05, 0) is 37.5 Å². The number of hydrogen-bond donors (Lipinski definition) is 2. The van der Waals surface area contributed by atoms with Crippen LogP contribution in [-0.4, -0.2) is 47.7 Å². The Labute approximate surface area is 128 Å². The van der Waals surface area contributed by atoms with Gasteiger partial charge in [0.2, 0.25) is 5.91 Å². The van der Waals surface area contributed by atoms with Crippen LogP contribution in [-0.2, 0) is 4.79 Å². The first-order chi connectivity index (χ1) is 9.70. The first kappa shape index (κ1) is 17.9. The molecule has 1 fully saturated rings. The van der Waals surface area contributed by atoms with Gasteiger partial charge in [0.25, 0.3) is 0 Å². The Balaban J connectivity index is 2.56. The van der Waals surface area contributed by atoms with E-state index in [4.69, 9.17) is 5.11 Å². The predicted molar refractivity (Wildman–Crippen MR) is 82.5 cm³/mol. The van der Waals surface area contributed by atoms with Crippen LogP contribution in [0.5, 0.6) is 0 Å². The van der Waals surface area contributed by atoms with Crippen LogP contribution in [0.25, 0.3) is 0 Å². The fourth-order valence-electron chi connectivity index (χ4n) is 2.59. The molecule has 0 radical (unpaired) electrons. The van der Waals surface area contributed by atoms with Crippen molar-refractivity contribution < 1.29 is 9.90 Å². The van der Waals surface area contributed by atoms with Gasteiger partial charge in [0.05, 0.1) is 12.6 Å². The highest BCUT2D eigenvalue weighted by atomic mass is 16.3. The zero-order chi connectivity index (χ0) is 16.1. The van der Waals surface area contributed by atoms with Gasteiger partial charge in [-0.2, -0.15) is 5.26 Å². The summed E-state index contributed by atoms with van der Waals surface area (Å²) < 4.78 is 0. The van der Waals surface area contributed by atoms with Crippen LogP contribution >= 0.6 is 0 Å². The van der Waals surface area contributed by atoms with E-state index in [-0.39, 0.29) is 24.5 Å². The Morgan fingerprint density at radius 2 is 2.00 bits per heavy atom. The molecule has 0 aromatic rings. The Kier molecular flexibility index (Phi) is 6.18. The summed E-state index contributed by atoms with van der Waals surface area (Å²) in [6, 6.07) is 2.25. The molecular weight excluding hydrogens is 266 g/mol. The van der Waals surface area contributed by atoms with Crippen LogP contribution in [0.15, 0.2) is 0 Å². The summed E-state index contributed by atoms with van der Waals surface area (Å²) in [6.07, 6.45) is 2.68. The molecule has 1 unspecified atom stereocenters. The summed E-state index contributed by atoms with van der Waals surface area (Å²) in [5.41, 5.74) is -0.647. The van der Waals surface area contributed by atoms with Crippen LogP contribution in [0.2, 0.25) is 0 Å². The van der Waals surface area contributed by atoms with Gasteiger partial charge in [0, 0.05) is 19.7 Å². The molecule has 0 saturated heterocycles.